The zero-order valence-corrected chi connectivity index (χ0v) is 9.68. The van der Waals surface area contributed by atoms with Gasteiger partial charge in [-0.2, -0.15) is 0 Å². The Morgan fingerprint density at radius 2 is 2.00 bits per heavy atom. The van der Waals surface area contributed by atoms with Gasteiger partial charge in [-0.25, -0.2) is 0 Å². The number of methoxy groups -OCH3 is 1. The Morgan fingerprint density at radius 1 is 1.29 bits per heavy atom. The second kappa shape index (κ2) is 4.84. The van der Waals surface area contributed by atoms with Gasteiger partial charge in [0.05, 0.1) is 13.2 Å². The van der Waals surface area contributed by atoms with E-state index in [1.165, 1.54) is 0 Å². The van der Waals surface area contributed by atoms with Gasteiger partial charge in [-0.3, -0.25) is 0 Å². The van der Waals surface area contributed by atoms with E-state index in [4.69, 9.17) is 14.9 Å². The Hall–Kier alpha value is -2.08. The molecule has 0 aliphatic heterocycles. The van der Waals surface area contributed by atoms with Crippen molar-refractivity contribution < 1.29 is 9.15 Å². The van der Waals surface area contributed by atoms with Crippen molar-refractivity contribution in [2.24, 2.45) is 5.73 Å². The van der Waals surface area contributed by atoms with Crippen molar-refractivity contribution in [2.75, 3.05) is 12.4 Å². The van der Waals surface area contributed by atoms with Crippen molar-refractivity contribution in [2.45, 2.75) is 13.0 Å². The monoisotopic (exact) mass is 234 g/mol. The van der Waals surface area contributed by atoms with Gasteiger partial charge >= 0.3 is 6.01 Å². The minimum Gasteiger partial charge on any atom is -0.497 e. The normalized spacial score (nSPS) is 12.2. The third-order valence-corrected chi connectivity index (χ3v) is 2.17. The second-order valence-electron chi connectivity index (χ2n) is 3.59. The number of aromatic nitrogens is 2. The second-order valence-corrected chi connectivity index (χ2v) is 3.59. The number of hydrogen-bond donors (Lipinski definition) is 2. The predicted molar refractivity (Wildman–Crippen MR) is 63.2 cm³/mol. The lowest BCUT2D eigenvalue weighted by atomic mass is 10.3. The minimum atomic E-state index is -0.270. The zero-order chi connectivity index (χ0) is 12.3. The van der Waals surface area contributed by atoms with Crippen LogP contribution in [0.5, 0.6) is 5.75 Å². The van der Waals surface area contributed by atoms with E-state index in [9.17, 15) is 0 Å². The van der Waals surface area contributed by atoms with Gasteiger partial charge in [0, 0.05) is 5.69 Å². The summed E-state index contributed by atoms with van der Waals surface area (Å²) in [5, 5.41) is 10.6. The fourth-order valence-corrected chi connectivity index (χ4v) is 1.27. The summed E-state index contributed by atoms with van der Waals surface area (Å²) in [6.07, 6.45) is 0. The van der Waals surface area contributed by atoms with Crippen LogP contribution in [0.2, 0.25) is 0 Å². The van der Waals surface area contributed by atoms with E-state index < -0.39 is 0 Å². The van der Waals surface area contributed by atoms with E-state index in [1.54, 1.807) is 14.0 Å². The molecule has 1 unspecified atom stereocenters. The van der Waals surface area contributed by atoms with Gasteiger partial charge in [0.2, 0.25) is 5.89 Å². The fraction of sp³-hybridized carbons (Fsp3) is 0.273. The van der Waals surface area contributed by atoms with Crippen molar-refractivity contribution in [1.82, 2.24) is 10.2 Å². The van der Waals surface area contributed by atoms with Crippen molar-refractivity contribution in [3.8, 4) is 5.75 Å². The molecule has 0 amide bonds. The van der Waals surface area contributed by atoms with Crippen LogP contribution in [0.15, 0.2) is 28.7 Å². The molecule has 0 saturated heterocycles. The maximum atomic E-state index is 5.62. The summed E-state index contributed by atoms with van der Waals surface area (Å²) in [6.45, 7) is 1.78. The molecule has 3 N–H and O–H groups in total. The maximum Gasteiger partial charge on any atom is 0.320 e. The van der Waals surface area contributed by atoms with Gasteiger partial charge in [0.15, 0.2) is 0 Å². The molecule has 1 atom stereocenters. The lowest BCUT2D eigenvalue weighted by Crippen LogP contribution is -2.04. The summed E-state index contributed by atoms with van der Waals surface area (Å²) in [6, 6.07) is 7.44. The minimum absolute atomic E-state index is 0.270. The first-order chi connectivity index (χ1) is 8.19. The molecule has 1 aromatic heterocycles. The summed E-state index contributed by atoms with van der Waals surface area (Å²) < 4.78 is 10.4. The van der Waals surface area contributed by atoms with Crippen LogP contribution >= 0.6 is 0 Å². The number of nitrogens with zero attached hydrogens (tertiary/aromatic N) is 2. The van der Waals surface area contributed by atoms with E-state index in [0.717, 1.165) is 11.4 Å². The van der Waals surface area contributed by atoms with E-state index >= 15 is 0 Å². The number of hydrogen-bond acceptors (Lipinski definition) is 6. The summed E-state index contributed by atoms with van der Waals surface area (Å²) in [5.41, 5.74) is 6.46. The summed E-state index contributed by atoms with van der Waals surface area (Å²) >= 11 is 0. The molecule has 90 valence electrons. The van der Waals surface area contributed by atoms with E-state index in [1.807, 2.05) is 24.3 Å². The quantitative estimate of drug-likeness (QED) is 0.839. The highest BCUT2D eigenvalue weighted by Gasteiger charge is 2.09. The number of anilines is 2. The average molecular weight is 234 g/mol. The third-order valence-electron chi connectivity index (χ3n) is 2.17. The van der Waals surface area contributed by atoms with Crippen molar-refractivity contribution >= 4 is 11.7 Å². The van der Waals surface area contributed by atoms with Gasteiger partial charge in [-0.1, -0.05) is 5.10 Å². The van der Waals surface area contributed by atoms with Gasteiger partial charge in [0.25, 0.3) is 0 Å². The van der Waals surface area contributed by atoms with E-state index in [2.05, 4.69) is 15.5 Å². The number of nitrogens with one attached hydrogen (secondary N) is 1. The maximum absolute atomic E-state index is 5.62. The van der Waals surface area contributed by atoms with Crippen LogP contribution in [0.1, 0.15) is 18.9 Å². The molecule has 0 fully saturated rings. The summed E-state index contributed by atoms with van der Waals surface area (Å²) in [5.74, 6) is 1.19. The topological polar surface area (TPSA) is 86.2 Å². The molecule has 0 bridgehead atoms. The summed E-state index contributed by atoms with van der Waals surface area (Å²) in [7, 11) is 1.62. The molecule has 1 heterocycles. The molecule has 0 saturated carbocycles. The highest BCUT2D eigenvalue weighted by molar-refractivity contribution is 5.53. The van der Waals surface area contributed by atoms with Crippen LogP contribution in [-0.2, 0) is 0 Å². The van der Waals surface area contributed by atoms with Crippen molar-refractivity contribution in [3.63, 3.8) is 0 Å². The Kier molecular flexibility index (Phi) is 3.24. The largest absolute Gasteiger partial charge is 0.497 e. The van der Waals surface area contributed by atoms with Gasteiger partial charge in [0.1, 0.15) is 5.75 Å². The molecule has 17 heavy (non-hydrogen) atoms. The molecule has 6 nitrogen and oxygen atoms in total. The molecular weight excluding hydrogens is 220 g/mol. The summed E-state index contributed by atoms with van der Waals surface area (Å²) in [4.78, 5) is 0. The Bertz CT molecular complexity index is 478. The van der Waals surface area contributed by atoms with Gasteiger partial charge in [-0.05, 0) is 31.2 Å². The number of nitrogens with two attached hydrogens (primary N) is 1. The van der Waals surface area contributed by atoms with E-state index in [-0.39, 0.29) is 6.04 Å². The third kappa shape index (κ3) is 2.73. The average Bonchev–Trinajstić information content (AvgIpc) is 2.79. The molecule has 0 aliphatic carbocycles. The van der Waals surface area contributed by atoms with Crippen LogP contribution in [0, 0.1) is 0 Å². The smallest absolute Gasteiger partial charge is 0.320 e. The molecule has 2 aromatic rings. The highest BCUT2D eigenvalue weighted by Crippen LogP contribution is 2.19. The highest BCUT2D eigenvalue weighted by atomic mass is 16.5. The molecule has 1 aromatic carbocycles. The van der Waals surface area contributed by atoms with Crippen LogP contribution in [0.25, 0.3) is 0 Å². The van der Waals surface area contributed by atoms with Gasteiger partial charge in [-0.15, -0.1) is 5.10 Å². The van der Waals surface area contributed by atoms with Crippen molar-refractivity contribution in [1.29, 1.82) is 0 Å². The Balaban J connectivity index is 2.08. The molecule has 0 spiro atoms. The van der Waals surface area contributed by atoms with Gasteiger partial charge < -0.3 is 20.2 Å². The van der Waals surface area contributed by atoms with E-state index in [0.29, 0.717) is 11.9 Å². The number of benzene rings is 1. The molecule has 2 rings (SSSR count). The first-order valence-electron chi connectivity index (χ1n) is 5.19. The standard InChI is InChI=1S/C11H14N4O2/c1-7(12)10-14-15-11(17-10)13-8-3-5-9(16-2)6-4-8/h3-7H,12H2,1-2H3,(H,13,15). The van der Waals surface area contributed by atoms with Crippen LogP contribution in [0.4, 0.5) is 11.7 Å². The lowest BCUT2D eigenvalue weighted by molar-refractivity contribution is 0.415. The number of rotatable bonds is 4. The van der Waals surface area contributed by atoms with Crippen molar-refractivity contribution in [3.05, 3.63) is 30.2 Å². The Labute approximate surface area is 98.8 Å². The molecule has 0 radical (unpaired) electrons. The van der Waals surface area contributed by atoms with Crippen LogP contribution in [0.3, 0.4) is 0 Å². The zero-order valence-electron chi connectivity index (χ0n) is 9.68. The van der Waals surface area contributed by atoms with Crippen LogP contribution < -0.4 is 15.8 Å². The first-order valence-corrected chi connectivity index (χ1v) is 5.19. The molecule has 0 aliphatic rings. The first kappa shape index (κ1) is 11.4. The molecule has 6 heteroatoms. The SMILES string of the molecule is COc1ccc(Nc2nnc(C(C)N)o2)cc1. The molecular formula is C11H14N4O2. The fourth-order valence-electron chi connectivity index (χ4n) is 1.27. The Morgan fingerprint density at radius 3 is 2.53 bits per heavy atom. The number of ether oxygens (including phenoxy) is 1. The van der Waals surface area contributed by atoms with Crippen LogP contribution in [-0.4, -0.2) is 17.3 Å². The predicted octanol–water partition coefficient (Wildman–Crippen LogP) is 1.84. The lowest BCUT2D eigenvalue weighted by Gasteiger charge is -2.03.